The Hall–Kier alpha value is -2.64. The fourth-order valence-corrected chi connectivity index (χ4v) is 2.10. The maximum atomic E-state index is 12.1. The highest BCUT2D eigenvalue weighted by Crippen LogP contribution is 2.29. The second-order valence-electron chi connectivity index (χ2n) is 6.52. The number of methoxy groups -OCH3 is 2. The van der Waals surface area contributed by atoms with E-state index < -0.39 is 5.60 Å². The topological polar surface area (TPSA) is 98.4 Å². The van der Waals surface area contributed by atoms with E-state index in [0.29, 0.717) is 31.1 Å². The van der Waals surface area contributed by atoms with Crippen molar-refractivity contribution in [2.45, 2.75) is 33.3 Å². The molecule has 8 nitrogen and oxygen atoms in total. The minimum absolute atomic E-state index is 0.248. The van der Waals surface area contributed by atoms with Gasteiger partial charge in [-0.3, -0.25) is 4.99 Å². The average Bonchev–Trinajstić information content (AvgIpc) is 2.56. The van der Waals surface area contributed by atoms with Crippen LogP contribution in [0.4, 0.5) is 10.5 Å². The third-order valence-electron chi connectivity index (χ3n) is 3.34. The summed E-state index contributed by atoms with van der Waals surface area (Å²) in [6, 6.07) is 5.35. The summed E-state index contributed by atoms with van der Waals surface area (Å²) in [5, 5.41) is 2.98. The van der Waals surface area contributed by atoms with Crippen LogP contribution in [0.2, 0.25) is 0 Å². The number of rotatable bonds is 7. The molecule has 0 atom stereocenters. The fourth-order valence-electron chi connectivity index (χ4n) is 2.10. The highest BCUT2D eigenvalue weighted by Gasteiger charge is 2.20. The van der Waals surface area contributed by atoms with Crippen molar-refractivity contribution in [2.75, 3.05) is 39.2 Å². The number of anilines is 1. The van der Waals surface area contributed by atoms with Crippen LogP contribution in [0.25, 0.3) is 0 Å². The smallest absolute Gasteiger partial charge is 0.410 e. The second kappa shape index (κ2) is 9.74. The number of benzene rings is 1. The van der Waals surface area contributed by atoms with Crippen molar-refractivity contribution in [3.8, 4) is 11.5 Å². The maximum absolute atomic E-state index is 12.1. The molecule has 1 amide bonds. The number of likely N-dealkylation sites (N-methyl/N-ethyl adjacent to an activating group) is 1. The molecule has 0 aromatic heterocycles. The van der Waals surface area contributed by atoms with E-state index in [9.17, 15) is 4.79 Å². The maximum Gasteiger partial charge on any atom is 0.410 e. The van der Waals surface area contributed by atoms with Crippen molar-refractivity contribution in [3.05, 3.63) is 18.2 Å². The molecule has 0 saturated carbocycles. The van der Waals surface area contributed by atoms with Crippen LogP contribution in [0.15, 0.2) is 23.2 Å². The lowest BCUT2D eigenvalue weighted by atomic mass is 10.2. The highest BCUT2D eigenvalue weighted by atomic mass is 16.6. The van der Waals surface area contributed by atoms with Crippen LogP contribution in [0.3, 0.4) is 0 Å². The normalized spacial score (nSPS) is 11.7. The van der Waals surface area contributed by atoms with E-state index in [1.54, 1.807) is 31.3 Å². The molecule has 1 aromatic rings. The fraction of sp³-hybridized carbons (Fsp3) is 0.556. The average molecular weight is 366 g/mol. The van der Waals surface area contributed by atoms with E-state index in [2.05, 4.69) is 10.3 Å². The zero-order valence-corrected chi connectivity index (χ0v) is 16.5. The number of hydrogen-bond donors (Lipinski definition) is 2. The molecule has 26 heavy (non-hydrogen) atoms. The van der Waals surface area contributed by atoms with E-state index in [1.807, 2.05) is 33.8 Å². The van der Waals surface area contributed by atoms with Crippen LogP contribution in [-0.2, 0) is 4.74 Å². The first-order chi connectivity index (χ1) is 12.2. The summed E-state index contributed by atoms with van der Waals surface area (Å²) >= 11 is 0. The number of nitrogens with zero attached hydrogens (tertiary/aromatic N) is 2. The number of carbonyl (C=O) groups is 1. The van der Waals surface area contributed by atoms with E-state index in [4.69, 9.17) is 19.9 Å². The Morgan fingerprint density at radius 1 is 1.23 bits per heavy atom. The Morgan fingerprint density at radius 3 is 2.42 bits per heavy atom. The summed E-state index contributed by atoms with van der Waals surface area (Å²) in [5.41, 5.74) is 6.10. The first kappa shape index (κ1) is 21.4. The third kappa shape index (κ3) is 7.08. The number of guanidine groups is 1. The van der Waals surface area contributed by atoms with Gasteiger partial charge in [0.15, 0.2) is 17.5 Å². The molecule has 1 rings (SSSR count). The first-order valence-corrected chi connectivity index (χ1v) is 8.47. The number of nitrogens with two attached hydrogens (primary N) is 1. The van der Waals surface area contributed by atoms with Crippen molar-refractivity contribution in [3.63, 3.8) is 0 Å². The molecule has 146 valence electrons. The van der Waals surface area contributed by atoms with Crippen molar-refractivity contribution in [1.82, 2.24) is 4.90 Å². The van der Waals surface area contributed by atoms with Crippen LogP contribution in [0.1, 0.15) is 27.7 Å². The highest BCUT2D eigenvalue weighted by molar-refractivity contribution is 5.92. The molecule has 8 heteroatoms. The SMILES string of the molecule is CCN(CCN=C(N)Nc1ccc(OC)c(OC)c1)C(=O)OC(C)(C)C. The monoisotopic (exact) mass is 366 g/mol. The van der Waals surface area contributed by atoms with Gasteiger partial charge in [-0.1, -0.05) is 0 Å². The largest absolute Gasteiger partial charge is 0.493 e. The first-order valence-electron chi connectivity index (χ1n) is 8.47. The zero-order chi connectivity index (χ0) is 19.7. The van der Waals surface area contributed by atoms with Crippen molar-refractivity contribution >= 4 is 17.7 Å². The van der Waals surface area contributed by atoms with E-state index in [-0.39, 0.29) is 12.1 Å². The van der Waals surface area contributed by atoms with Gasteiger partial charge in [0.2, 0.25) is 0 Å². The lowest BCUT2D eigenvalue weighted by Gasteiger charge is -2.26. The molecule has 0 saturated heterocycles. The van der Waals surface area contributed by atoms with Gasteiger partial charge in [-0.2, -0.15) is 0 Å². The predicted octanol–water partition coefficient (Wildman–Crippen LogP) is 2.69. The summed E-state index contributed by atoms with van der Waals surface area (Å²) in [5.74, 6) is 1.47. The molecular weight excluding hydrogens is 336 g/mol. The summed E-state index contributed by atoms with van der Waals surface area (Å²) in [6.45, 7) is 8.71. The molecular formula is C18H30N4O4. The summed E-state index contributed by atoms with van der Waals surface area (Å²) in [4.78, 5) is 17.9. The van der Waals surface area contributed by atoms with Gasteiger partial charge in [0, 0.05) is 24.8 Å². The molecule has 0 aliphatic rings. The number of aliphatic imine (C=N–C) groups is 1. The Kier molecular flexibility index (Phi) is 8.02. The Morgan fingerprint density at radius 2 is 1.88 bits per heavy atom. The number of hydrogen-bond acceptors (Lipinski definition) is 5. The Balaban J connectivity index is 2.61. The molecule has 0 unspecified atom stereocenters. The van der Waals surface area contributed by atoms with Gasteiger partial charge in [-0.15, -0.1) is 0 Å². The molecule has 0 aliphatic heterocycles. The number of nitrogens with one attached hydrogen (secondary N) is 1. The van der Waals surface area contributed by atoms with Gasteiger partial charge in [0.25, 0.3) is 0 Å². The molecule has 0 radical (unpaired) electrons. The number of ether oxygens (including phenoxy) is 3. The van der Waals surface area contributed by atoms with Gasteiger partial charge < -0.3 is 30.2 Å². The van der Waals surface area contributed by atoms with Crippen LogP contribution >= 0.6 is 0 Å². The quantitative estimate of drug-likeness (QED) is 0.569. The summed E-state index contributed by atoms with van der Waals surface area (Å²) in [7, 11) is 3.14. The molecule has 0 heterocycles. The minimum atomic E-state index is -0.526. The minimum Gasteiger partial charge on any atom is -0.493 e. The third-order valence-corrected chi connectivity index (χ3v) is 3.34. The summed E-state index contributed by atoms with van der Waals surface area (Å²) in [6.07, 6.45) is -0.360. The molecule has 0 spiro atoms. The number of carbonyl (C=O) groups excluding carboxylic acids is 1. The zero-order valence-electron chi connectivity index (χ0n) is 16.5. The predicted molar refractivity (Wildman–Crippen MR) is 103 cm³/mol. The molecule has 0 aliphatic carbocycles. The Labute approximate surface area is 155 Å². The van der Waals surface area contributed by atoms with Gasteiger partial charge in [0.05, 0.1) is 20.8 Å². The van der Waals surface area contributed by atoms with Crippen molar-refractivity contribution in [1.29, 1.82) is 0 Å². The number of amides is 1. The lowest BCUT2D eigenvalue weighted by Crippen LogP contribution is -2.38. The van der Waals surface area contributed by atoms with Gasteiger partial charge >= 0.3 is 6.09 Å². The molecule has 0 bridgehead atoms. The summed E-state index contributed by atoms with van der Waals surface area (Å²) < 4.78 is 15.8. The van der Waals surface area contributed by atoms with Crippen LogP contribution in [-0.4, -0.2) is 56.4 Å². The van der Waals surface area contributed by atoms with E-state index in [1.165, 1.54) is 0 Å². The lowest BCUT2D eigenvalue weighted by molar-refractivity contribution is 0.0266. The molecule has 3 N–H and O–H groups in total. The molecule has 1 aromatic carbocycles. The Bertz CT molecular complexity index is 626. The van der Waals surface area contributed by atoms with Gasteiger partial charge in [-0.05, 0) is 39.8 Å². The van der Waals surface area contributed by atoms with Crippen molar-refractivity contribution in [2.24, 2.45) is 10.7 Å². The van der Waals surface area contributed by atoms with E-state index in [0.717, 1.165) is 5.69 Å². The van der Waals surface area contributed by atoms with E-state index >= 15 is 0 Å². The second-order valence-corrected chi connectivity index (χ2v) is 6.52. The molecule has 0 fully saturated rings. The van der Waals surface area contributed by atoms with Crippen LogP contribution in [0.5, 0.6) is 11.5 Å². The standard InChI is InChI=1S/C18H30N4O4/c1-7-22(17(23)26-18(2,3)4)11-10-20-16(19)21-13-8-9-14(24-5)15(12-13)25-6/h8-9,12H,7,10-11H2,1-6H3,(H3,19,20,21). The van der Waals surface area contributed by atoms with Crippen molar-refractivity contribution < 1.29 is 19.0 Å². The van der Waals surface area contributed by atoms with Gasteiger partial charge in [-0.25, -0.2) is 4.79 Å². The van der Waals surface area contributed by atoms with Crippen LogP contribution in [0, 0.1) is 0 Å². The van der Waals surface area contributed by atoms with Crippen LogP contribution < -0.4 is 20.5 Å². The van der Waals surface area contributed by atoms with Gasteiger partial charge in [0.1, 0.15) is 5.60 Å².